The lowest BCUT2D eigenvalue weighted by Crippen LogP contribution is -2.16. The van der Waals surface area contributed by atoms with Crippen LogP contribution in [0.1, 0.15) is 0 Å². The minimum atomic E-state index is -1.06. The van der Waals surface area contributed by atoms with Gasteiger partial charge in [-0.3, -0.25) is 5.21 Å². The third-order valence-corrected chi connectivity index (χ3v) is 2.97. The van der Waals surface area contributed by atoms with Gasteiger partial charge in [-0.15, -0.1) is 4.99 Å². The summed E-state index contributed by atoms with van der Waals surface area (Å²) in [6, 6.07) is 0. The second-order valence-electron chi connectivity index (χ2n) is 6.00. The number of ether oxygens (including phenoxy) is 8. The van der Waals surface area contributed by atoms with Crippen LogP contribution in [0.5, 0.6) is 0 Å². The van der Waals surface area contributed by atoms with Gasteiger partial charge in [-0.25, -0.2) is 24.4 Å². The molecule has 20 heteroatoms. The number of carboxylic acids is 2. The summed E-state index contributed by atoms with van der Waals surface area (Å²) in [5, 5.41) is 46.9. The highest BCUT2D eigenvalue weighted by molar-refractivity contribution is 5.70. The molecular formula is C20H41NO19. The molecule has 0 spiro atoms. The standard InChI is InChI=1S/C8H14O6.C6H10O6.C6H14O4.H3NO3/c1-11-7(9)5-13-3-4-14-6-8(10)12-2;7-5(8)3-11-1-2-12-4-6(9)10;7-1-3-9-5-6-10-4-2-8;2-1-4-3/h3-6H2,1-2H3;1-4H2,(H,7,8)(H,9,10);7-8H,1-6H2;1-3H. The number of esters is 2. The number of hydrogen-bond donors (Lipinski definition) is 7. The number of aliphatic hydroxyl groups excluding tert-OH is 2. The quantitative estimate of drug-likeness (QED) is 0.0281. The van der Waals surface area contributed by atoms with Crippen molar-refractivity contribution in [3.05, 3.63) is 0 Å². The Morgan fingerprint density at radius 2 is 0.825 bits per heavy atom. The topological polar surface area (TPSA) is 285 Å². The predicted molar refractivity (Wildman–Crippen MR) is 127 cm³/mol. The summed E-state index contributed by atoms with van der Waals surface area (Å²) in [6.45, 7) is 1.34. The van der Waals surface area contributed by atoms with Crippen LogP contribution in [-0.4, -0.2) is 161 Å². The fraction of sp³-hybridized carbons (Fsp3) is 0.800. The van der Waals surface area contributed by atoms with E-state index in [9.17, 15) is 19.2 Å². The van der Waals surface area contributed by atoms with Gasteiger partial charge in [0.25, 0.3) is 0 Å². The summed E-state index contributed by atoms with van der Waals surface area (Å²) in [6.07, 6.45) is 0. The van der Waals surface area contributed by atoms with Crippen molar-refractivity contribution in [2.24, 2.45) is 0 Å². The molecule has 0 aliphatic rings. The van der Waals surface area contributed by atoms with E-state index in [1.54, 1.807) is 0 Å². The lowest BCUT2D eigenvalue weighted by molar-refractivity contribution is -0.356. The van der Waals surface area contributed by atoms with Crippen molar-refractivity contribution in [2.45, 2.75) is 0 Å². The molecular weight excluding hydrogens is 558 g/mol. The fourth-order valence-electron chi connectivity index (χ4n) is 1.43. The first-order valence-corrected chi connectivity index (χ1v) is 11.1. The zero-order chi connectivity index (χ0) is 31.3. The molecule has 0 amide bonds. The van der Waals surface area contributed by atoms with Crippen molar-refractivity contribution < 1.29 is 93.0 Å². The Morgan fingerprint density at radius 1 is 0.550 bits per heavy atom. The van der Waals surface area contributed by atoms with Gasteiger partial charge in [0.1, 0.15) is 26.4 Å². The SMILES string of the molecule is COC(=O)COCCOCC(=O)OC.O=C(O)COCCOCC(=O)O.OCCOCCOCCO.ONOO. The maximum atomic E-state index is 10.5. The van der Waals surface area contributed by atoms with E-state index >= 15 is 0 Å². The lowest BCUT2D eigenvalue weighted by atomic mass is 10.7. The van der Waals surface area contributed by atoms with E-state index in [4.69, 9.17) is 49.8 Å². The normalized spacial score (nSPS) is 9.55. The molecule has 0 heterocycles. The van der Waals surface area contributed by atoms with Crippen LogP contribution in [-0.2, 0) is 62.1 Å². The largest absolute Gasteiger partial charge is 0.480 e. The van der Waals surface area contributed by atoms with Gasteiger partial charge in [0.2, 0.25) is 0 Å². The molecule has 0 saturated carbocycles. The Balaban J connectivity index is -0.000000230. The molecule has 0 bridgehead atoms. The van der Waals surface area contributed by atoms with Crippen LogP contribution >= 0.6 is 0 Å². The molecule has 240 valence electrons. The summed E-state index contributed by atoms with van der Waals surface area (Å²) in [5.41, 5.74) is 0.986. The van der Waals surface area contributed by atoms with Crippen LogP contribution in [0.3, 0.4) is 0 Å². The monoisotopic (exact) mass is 599 g/mol. The number of rotatable bonds is 22. The first-order chi connectivity index (χ1) is 19.2. The molecule has 20 nitrogen and oxygen atoms in total. The van der Waals surface area contributed by atoms with Crippen molar-refractivity contribution >= 4 is 23.9 Å². The zero-order valence-electron chi connectivity index (χ0n) is 22.4. The van der Waals surface area contributed by atoms with E-state index in [2.05, 4.69) is 23.9 Å². The molecule has 0 aliphatic heterocycles. The van der Waals surface area contributed by atoms with Gasteiger partial charge >= 0.3 is 23.9 Å². The van der Waals surface area contributed by atoms with Gasteiger partial charge in [-0.2, -0.15) is 0 Å². The molecule has 7 N–H and O–H groups in total. The van der Waals surface area contributed by atoms with Gasteiger partial charge in [0.15, 0.2) is 0 Å². The Hall–Kier alpha value is -2.60. The van der Waals surface area contributed by atoms with E-state index < -0.39 is 37.1 Å². The van der Waals surface area contributed by atoms with E-state index in [-0.39, 0.29) is 52.9 Å². The minimum absolute atomic E-state index is 0.0417. The Bertz CT molecular complexity index is 518. The van der Waals surface area contributed by atoms with Crippen LogP contribution in [0.2, 0.25) is 0 Å². The summed E-state index contributed by atoms with van der Waals surface area (Å²) in [7, 11) is 2.55. The number of carbonyl (C=O) groups is 4. The molecule has 0 fully saturated rings. The van der Waals surface area contributed by atoms with E-state index in [1.807, 2.05) is 0 Å². The lowest BCUT2D eigenvalue weighted by Gasteiger charge is -2.03. The van der Waals surface area contributed by atoms with Crippen molar-refractivity contribution in [3.63, 3.8) is 0 Å². The third kappa shape index (κ3) is 55.8. The van der Waals surface area contributed by atoms with Gasteiger partial charge in [-0.05, 0) is 5.64 Å². The van der Waals surface area contributed by atoms with Gasteiger partial charge in [0.05, 0.1) is 80.3 Å². The number of hydrogen-bond acceptors (Lipinski definition) is 18. The van der Waals surface area contributed by atoms with Crippen LogP contribution in [0.15, 0.2) is 0 Å². The minimum Gasteiger partial charge on any atom is -0.480 e. The molecule has 40 heavy (non-hydrogen) atoms. The number of aliphatic hydroxyl groups is 2. The molecule has 0 saturated heterocycles. The van der Waals surface area contributed by atoms with Crippen LogP contribution in [0.25, 0.3) is 0 Å². The summed E-state index contributed by atoms with van der Waals surface area (Å²) >= 11 is 0. The highest BCUT2D eigenvalue weighted by Gasteiger charge is 2.01. The van der Waals surface area contributed by atoms with Gasteiger partial charge in [0, 0.05) is 0 Å². The van der Waals surface area contributed by atoms with Gasteiger partial charge < -0.3 is 58.3 Å². The van der Waals surface area contributed by atoms with Crippen LogP contribution in [0, 0.1) is 0 Å². The molecule has 0 unspecified atom stereocenters. The average Bonchev–Trinajstić information content (AvgIpc) is 2.94. The third-order valence-electron chi connectivity index (χ3n) is 2.97. The van der Waals surface area contributed by atoms with E-state index in [0.29, 0.717) is 26.4 Å². The second-order valence-corrected chi connectivity index (χ2v) is 6.00. The predicted octanol–water partition coefficient (Wildman–Crippen LogP) is -3.07. The number of aliphatic carboxylic acids is 2. The Labute approximate surface area is 230 Å². The summed E-state index contributed by atoms with van der Waals surface area (Å²) in [5.74, 6) is -3.02. The highest BCUT2D eigenvalue weighted by atomic mass is 17.2. The smallest absolute Gasteiger partial charge is 0.331 e. The summed E-state index contributed by atoms with van der Waals surface area (Å²) < 4.78 is 37.2. The number of methoxy groups -OCH3 is 2. The van der Waals surface area contributed by atoms with Crippen LogP contribution < -0.4 is 5.64 Å². The fourth-order valence-corrected chi connectivity index (χ4v) is 1.43. The second kappa shape index (κ2) is 40.9. The van der Waals surface area contributed by atoms with Crippen molar-refractivity contribution in [2.75, 3.05) is 107 Å². The highest BCUT2D eigenvalue weighted by Crippen LogP contribution is 1.83. The number of carboxylic acid groups (broad SMARTS) is 2. The maximum absolute atomic E-state index is 10.5. The molecule has 0 aromatic carbocycles. The van der Waals surface area contributed by atoms with Crippen molar-refractivity contribution in [3.8, 4) is 0 Å². The molecule has 0 aliphatic carbocycles. The van der Waals surface area contributed by atoms with Gasteiger partial charge in [-0.1, -0.05) is 0 Å². The number of carbonyl (C=O) groups excluding carboxylic acids is 2. The van der Waals surface area contributed by atoms with Crippen molar-refractivity contribution in [1.82, 2.24) is 5.64 Å². The van der Waals surface area contributed by atoms with E-state index in [0.717, 1.165) is 5.64 Å². The zero-order valence-corrected chi connectivity index (χ0v) is 22.4. The molecule has 0 radical (unpaired) electrons. The van der Waals surface area contributed by atoms with Crippen LogP contribution in [0.4, 0.5) is 0 Å². The maximum Gasteiger partial charge on any atom is 0.331 e. The molecule has 0 rings (SSSR count). The molecule has 0 aromatic rings. The molecule has 0 aromatic heterocycles. The van der Waals surface area contributed by atoms with Crippen molar-refractivity contribution in [1.29, 1.82) is 0 Å². The van der Waals surface area contributed by atoms with E-state index in [1.165, 1.54) is 14.2 Å². The first-order valence-electron chi connectivity index (χ1n) is 11.1. The average molecular weight is 600 g/mol. The summed E-state index contributed by atoms with van der Waals surface area (Å²) in [4.78, 5) is 43.7. The Morgan fingerprint density at radius 3 is 1.05 bits per heavy atom. The number of nitrogens with one attached hydrogen (secondary N) is 1. The first kappa shape index (κ1) is 44.4. The Kier molecular flexibility index (Phi) is 45.4. The molecule has 0 atom stereocenters.